The minimum atomic E-state index is -0.513. The largest absolute Gasteiger partial charge is 0.281 e. The van der Waals surface area contributed by atoms with Gasteiger partial charge in [-0.15, -0.1) is 5.10 Å². The molecule has 0 aliphatic rings. The molecule has 0 aliphatic carbocycles. The molecule has 1 N–H and O–H groups in total. The van der Waals surface area contributed by atoms with Crippen LogP contribution >= 0.6 is 18.5 Å². The van der Waals surface area contributed by atoms with Crippen LogP contribution in [0.1, 0.15) is 50.8 Å². The van der Waals surface area contributed by atoms with Crippen LogP contribution in [0.25, 0.3) is 16.6 Å². The number of hydrogen-bond acceptors (Lipinski definition) is 4. The van der Waals surface area contributed by atoms with Gasteiger partial charge in [-0.3, -0.25) is 4.79 Å². The number of aryl methyl sites for hydroxylation is 3. The molecular formula is C24H33N4OPS. The third kappa shape index (κ3) is 5.55. The van der Waals surface area contributed by atoms with Gasteiger partial charge in [-0.2, -0.15) is 4.98 Å². The van der Waals surface area contributed by atoms with Gasteiger partial charge in [0.1, 0.15) is 0 Å². The quantitative estimate of drug-likeness (QED) is 0.363. The Kier molecular flexibility index (Phi) is 9.27. The lowest BCUT2D eigenvalue weighted by molar-refractivity contribution is 0.857. The fraction of sp³-hybridized carbons (Fsp3) is 0.375. The second kappa shape index (κ2) is 11.4. The summed E-state index contributed by atoms with van der Waals surface area (Å²) >= 11 is 1.67. The van der Waals surface area contributed by atoms with Crippen molar-refractivity contribution >= 4 is 40.4 Å². The molecule has 7 heteroatoms. The van der Waals surface area contributed by atoms with Crippen molar-refractivity contribution in [2.45, 2.75) is 59.9 Å². The molecule has 0 saturated carbocycles. The van der Waals surface area contributed by atoms with E-state index in [1.54, 1.807) is 15.9 Å². The lowest BCUT2D eigenvalue weighted by Crippen LogP contribution is -2.11. The van der Waals surface area contributed by atoms with Gasteiger partial charge >= 0.3 is 0 Å². The zero-order valence-corrected chi connectivity index (χ0v) is 21.5. The Morgan fingerprint density at radius 2 is 1.74 bits per heavy atom. The molecule has 31 heavy (non-hydrogen) atoms. The van der Waals surface area contributed by atoms with Crippen molar-refractivity contribution in [3.63, 3.8) is 0 Å². The molecule has 4 aromatic rings. The predicted octanol–water partition coefficient (Wildman–Crippen LogP) is 6.38. The van der Waals surface area contributed by atoms with Gasteiger partial charge in [-0.1, -0.05) is 81.4 Å². The first-order valence-corrected chi connectivity index (χ1v) is 13.9. The Morgan fingerprint density at radius 1 is 1.06 bits per heavy atom. The van der Waals surface area contributed by atoms with Crippen molar-refractivity contribution < 1.29 is 0 Å². The summed E-state index contributed by atoms with van der Waals surface area (Å²) in [6, 6.07) is 12.3. The Labute approximate surface area is 190 Å². The Balaban J connectivity index is 0.000000630. The lowest BCUT2D eigenvalue weighted by atomic mass is 10.1. The SMILES string of the molecule is CC.CCC.Cc1ccc(P(C)Sc2n[nH]n3c2nc(=O)c2c(C)cccc23)c(C)c1. The normalized spacial score (nSPS) is 11.5. The molecule has 2 aromatic carbocycles. The van der Waals surface area contributed by atoms with E-state index in [-0.39, 0.29) is 5.56 Å². The van der Waals surface area contributed by atoms with Gasteiger partial charge in [0, 0.05) is 0 Å². The van der Waals surface area contributed by atoms with Gasteiger partial charge in [0.15, 0.2) is 10.7 Å². The summed E-state index contributed by atoms with van der Waals surface area (Å²) in [6.07, 6.45) is 1.25. The third-order valence-corrected chi connectivity index (χ3v) is 8.31. The molecule has 0 amide bonds. The maximum atomic E-state index is 12.5. The van der Waals surface area contributed by atoms with Crippen LogP contribution in [0.5, 0.6) is 0 Å². The van der Waals surface area contributed by atoms with E-state index in [0.717, 1.165) is 16.1 Å². The fourth-order valence-electron chi connectivity index (χ4n) is 3.22. The summed E-state index contributed by atoms with van der Waals surface area (Å²) in [6.45, 7) is 16.6. The number of nitrogens with zero attached hydrogens (tertiary/aromatic N) is 3. The smallest absolute Gasteiger partial charge is 0.267 e. The fourth-order valence-corrected chi connectivity index (χ4v) is 6.78. The van der Waals surface area contributed by atoms with E-state index >= 15 is 0 Å². The van der Waals surface area contributed by atoms with Gasteiger partial charge in [0.05, 0.1) is 10.9 Å². The maximum Gasteiger partial charge on any atom is 0.281 e. The third-order valence-electron chi connectivity index (χ3n) is 4.48. The number of fused-ring (bicyclic) bond motifs is 3. The van der Waals surface area contributed by atoms with Crippen molar-refractivity contribution in [2.75, 3.05) is 6.66 Å². The van der Waals surface area contributed by atoms with Crippen LogP contribution in [-0.4, -0.2) is 26.5 Å². The maximum absolute atomic E-state index is 12.5. The summed E-state index contributed by atoms with van der Waals surface area (Å²) in [5, 5.41) is 10.2. The van der Waals surface area contributed by atoms with Crippen LogP contribution in [0.15, 0.2) is 46.2 Å². The molecular weight excluding hydrogens is 423 g/mol. The lowest BCUT2D eigenvalue weighted by Gasteiger charge is -2.13. The van der Waals surface area contributed by atoms with E-state index in [1.165, 1.54) is 22.9 Å². The molecule has 2 heterocycles. The van der Waals surface area contributed by atoms with Crippen LogP contribution in [0.4, 0.5) is 0 Å². The number of rotatable bonds is 3. The van der Waals surface area contributed by atoms with Crippen LogP contribution in [-0.2, 0) is 0 Å². The number of nitrogens with one attached hydrogen (secondary N) is 1. The molecule has 2 aromatic heterocycles. The van der Waals surface area contributed by atoms with Gasteiger partial charge in [0.2, 0.25) is 0 Å². The molecule has 0 spiro atoms. The van der Waals surface area contributed by atoms with Gasteiger partial charge in [-0.25, -0.2) is 9.73 Å². The first-order chi connectivity index (χ1) is 14.9. The van der Waals surface area contributed by atoms with Crippen molar-refractivity contribution in [2.24, 2.45) is 0 Å². The topological polar surface area (TPSA) is 63.1 Å². The zero-order chi connectivity index (χ0) is 23.1. The molecule has 0 bridgehead atoms. The summed E-state index contributed by atoms with van der Waals surface area (Å²) in [7, 11) is -0.513. The number of benzene rings is 2. The second-order valence-electron chi connectivity index (χ2n) is 7.15. The molecule has 1 atom stereocenters. The molecule has 0 radical (unpaired) electrons. The van der Waals surface area contributed by atoms with E-state index in [4.69, 9.17) is 0 Å². The van der Waals surface area contributed by atoms with Crippen LogP contribution < -0.4 is 10.9 Å². The average molecular weight is 457 g/mol. The standard InChI is InChI=1S/C19H19N4OPS.C3H8.C2H6/c1-11-8-9-15(13(3)10-11)25(4)26-19-17-20-18(24)16-12(2)6-5-7-14(16)23(17)22-21-19;1-3-2;1-2/h5-10,22H,1-4H3;3H2,1-2H3;1-2H3. The van der Waals surface area contributed by atoms with Gasteiger partial charge in [-0.05, 0) is 57.1 Å². The van der Waals surface area contributed by atoms with Crippen LogP contribution in [0.2, 0.25) is 0 Å². The van der Waals surface area contributed by atoms with Crippen molar-refractivity contribution in [3.8, 4) is 0 Å². The minimum absolute atomic E-state index is 0.201. The average Bonchev–Trinajstić information content (AvgIpc) is 3.12. The monoisotopic (exact) mass is 456 g/mol. The van der Waals surface area contributed by atoms with Crippen molar-refractivity contribution in [1.29, 1.82) is 0 Å². The predicted molar refractivity (Wildman–Crippen MR) is 137 cm³/mol. The van der Waals surface area contributed by atoms with E-state index in [2.05, 4.69) is 67.9 Å². The highest BCUT2D eigenvalue weighted by molar-refractivity contribution is 8.57. The Hall–Kier alpha value is -2.17. The summed E-state index contributed by atoms with van der Waals surface area (Å²) < 4.78 is 1.80. The van der Waals surface area contributed by atoms with Crippen LogP contribution in [0, 0.1) is 20.8 Å². The number of aromatic nitrogens is 4. The second-order valence-corrected chi connectivity index (χ2v) is 11.4. The summed E-state index contributed by atoms with van der Waals surface area (Å²) in [4.78, 5) is 16.9. The zero-order valence-electron chi connectivity index (χ0n) is 19.8. The summed E-state index contributed by atoms with van der Waals surface area (Å²) in [5.74, 6) is 0. The molecule has 5 nitrogen and oxygen atoms in total. The van der Waals surface area contributed by atoms with Gasteiger partial charge in [0.25, 0.3) is 5.56 Å². The van der Waals surface area contributed by atoms with Crippen molar-refractivity contribution in [1.82, 2.24) is 19.8 Å². The molecule has 0 saturated heterocycles. The van der Waals surface area contributed by atoms with E-state index < -0.39 is 7.12 Å². The van der Waals surface area contributed by atoms with Crippen molar-refractivity contribution in [3.05, 3.63) is 63.4 Å². The number of hydrogen-bond donors (Lipinski definition) is 1. The Bertz CT molecular complexity index is 1220. The molecule has 0 fully saturated rings. The molecule has 166 valence electrons. The molecule has 1 unspecified atom stereocenters. The number of H-pyrrole nitrogens is 1. The highest BCUT2D eigenvalue weighted by Gasteiger charge is 2.18. The van der Waals surface area contributed by atoms with E-state index in [9.17, 15) is 4.79 Å². The molecule has 0 aliphatic heterocycles. The number of aromatic amines is 1. The van der Waals surface area contributed by atoms with E-state index in [0.29, 0.717) is 11.0 Å². The molecule has 4 rings (SSSR count). The van der Waals surface area contributed by atoms with E-state index in [1.807, 2.05) is 39.0 Å². The minimum Gasteiger partial charge on any atom is -0.267 e. The highest BCUT2D eigenvalue weighted by Crippen LogP contribution is 2.50. The van der Waals surface area contributed by atoms with Crippen LogP contribution in [0.3, 0.4) is 0 Å². The first-order valence-electron chi connectivity index (χ1n) is 10.7. The Morgan fingerprint density at radius 3 is 2.39 bits per heavy atom. The van der Waals surface area contributed by atoms with Gasteiger partial charge < -0.3 is 0 Å². The highest BCUT2D eigenvalue weighted by atomic mass is 32.7. The summed E-state index contributed by atoms with van der Waals surface area (Å²) in [5.41, 5.74) is 4.68. The first kappa shape index (κ1) is 25.1.